The Balaban J connectivity index is 2.53. The van der Waals surface area contributed by atoms with E-state index in [0.717, 1.165) is 0 Å². The van der Waals surface area contributed by atoms with Crippen molar-refractivity contribution in [2.24, 2.45) is 0 Å². The SMILES string of the molecule is COc1c(Br)cc(OCP(=O)(O)O)c2nc(N)sc12. The van der Waals surface area contributed by atoms with E-state index in [-0.39, 0.29) is 5.75 Å². The van der Waals surface area contributed by atoms with Gasteiger partial charge in [0, 0.05) is 6.07 Å². The summed E-state index contributed by atoms with van der Waals surface area (Å²) in [5, 5.41) is 0.312. The Kier molecular flexibility index (Phi) is 4.03. The van der Waals surface area contributed by atoms with Crippen LogP contribution >= 0.6 is 34.9 Å². The van der Waals surface area contributed by atoms with E-state index >= 15 is 0 Å². The topological polar surface area (TPSA) is 115 Å². The van der Waals surface area contributed by atoms with Gasteiger partial charge >= 0.3 is 7.60 Å². The Morgan fingerprint density at radius 2 is 2.26 bits per heavy atom. The van der Waals surface area contributed by atoms with Crippen molar-refractivity contribution in [1.29, 1.82) is 0 Å². The summed E-state index contributed by atoms with van der Waals surface area (Å²) in [4.78, 5) is 21.7. The highest BCUT2D eigenvalue weighted by Gasteiger charge is 2.20. The predicted molar refractivity (Wildman–Crippen MR) is 75.8 cm³/mol. The molecule has 0 saturated carbocycles. The van der Waals surface area contributed by atoms with Gasteiger partial charge in [-0.15, -0.1) is 0 Å². The number of fused-ring (bicyclic) bond motifs is 1. The van der Waals surface area contributed by atoms with Gasteiger partial charge in [-0.1, -0.05) is 11.3 Å². The number of anilines is 1. The van der Waals surface area contributed by atoms with Gasteiger partial charge in [0.2, 0.25) is 0 Å². The number of nitrogens with zero attached hydrogens (tertiary/aromatic N) is 1. The molecule has 2 rings (SSSR count). The number of aromatic nitrogens is 1. The number of rotatable bonds is 4. The Hall–Kier alpha value is -0.860. The molecule has 0 amide bonds. The van der Waals surface area contributed by atoms with Crippen LogP contribution in [-0.4, -0.2) is 28.2 Å². The lowest BCUT2D eigenvalue weighted by atomic mass is 10.3. The number of ether oxygens (including phenoxy) is 2. The summed E-state index contributed by atoms with van der Waals surface area (Å²) in [6, 6.07) is 1.54. The van der Waals surface area contributed by atoms with Crippen molar-refractivity contribution in [1.82, 2.24) is 4.98 Å². The molecular formula is C9H10BrN2O5PS. The van der Waals surface area contributed by atoms with E-state index in [9.17, 15) is 4.57 Å². The van der Waals surface area contributed by atoms with E-state index in [1.54, 1.807) is 0 Å². The monoisotopic (exact) mass is 368 g/mol. The second-order valence-corrected chi connectivity index (χ2v) is 7.03. The van der Waals surface area contributed by atoms with E-state index < -0.39 is 13.9 Å². The Bertz CT molecular complexity index is 670. The summed E-state index contributed by atoms with van der Waals surface area (Å²) in [5.74, 6) is 0.784. The van der Waals surface area contributed by atoms with Crippen LogP contribution < -0.4 is 15.2 Å². The minimum Gasteiger partial charge on any atom is -0.494 e. The van der Waals surface area contributed by atoms with E-state index in [1.807, 2.05) is 0 Å². The fourth-order valence-corrected chi connectivity index (χ4v) is 3.35. The third-order valence-electron chi connectivity index (χ3n) is 2.15. The number of hydrogen-bond acceptors (Lipinski definition) is 6. The summed E-state index contributed by atoms with van der Waals surface area (Å²) in [6.45, 7) is 0. The molecular weight excluding hydrogens is 359 g/mol. The number of thiazole rings is 1. The molecule has 1 heterocycles. The molecule has 0 bridgehead atoms. The smallest absolute Gasteiger partial charge is 0.362 e. The molecule has 0 aliphatic heterocycles. The summed E-state index contributed by atoms with van der Waals surface area (Å²) in [6.07, 6.45) is -0.724. The van der Waals surface area contributed by atoms with E-state index in [2.05, 4.69) is 20.9 Å². The van der Waals surface area contributed by atoms with Gasteiger partial charge in [0.05, 0.1) is 11.6 Å². The zero-order valence-corrected chi connectivity index (χ0v) is 13.0. The molecule has 7 nitrogen and oxygen atoms in total. The lowest BCUT2D eigenvalue weighted by Gasteiger charge is -2.10. The van der Waals surface area contributed by atoms with Crippen LogP contribution in [0.25, 0.3) is 10.2 Å². The maximum atomic E-state index is 10.8. The molecule has 0 unspecified atom stereocenters. The van der Waals surface area contributed by atoms with Gasteiger partial charge in [-0.25, -0.2) is 4.98 Å². The number of nitrogen functional groups attached to an aromatic ring is 1. The standard InChI is InChI=1S/C9H10BrN2O5PS/c1-16-7-4(10)2-5(17-3-18(13,14)15)6-8(7)19-9(11)12-6/h2H,3H2,1H3,(H2,11,12)(H2,13,14,15). The third-order valence-corrected chi connectivity index (χ3v) is 4.09. The van der Waals surface area contributed by atoms with Crippen molar-refractivity contribution in [3.8, 4) is 11.5 Å². The first-order valence-electron chi connectivity index (χ1n) is 4.91. The Labute approximate surface area is 120 Å². The van der Waals surface area contributed by atoms with Crippen LogP contribution in [0.1, 0.15) is 0 Å². The van der Waals surface area contributed by atoms with Crippen LogP contribution in [0, 0.1) is 0 Å². The average molecular weight is 369 g/mol. The minimum atomic E-state index is -4.26. The molecule has 0 atom stereocenters. The first kappa shape index (κ1) is 14.5. The fourth-order valence-electron chi connectivity index (χ4n) is 1.47. The van der Waals surface area contributed by atoms with Crippen molar-refractivity contribution < 1.29 is 23.8 Å². The quantitative estimate of drug-likeness (QED) is 0.708. The van der Waals surface area contributed by atoms with Gasteiger partial charge in [-0.2, -0.15) is 0 Å². The molecule has 0 aliphatic rings. The van der Waals surface area contributed by atoms with Crippen molar-refractivity contribution in [2.45, 2.75) is 0 Å². The Morgan fingerprint density at radius 3 is 2.84 bits per heavy atom. The first-order valence-corrected chi connectivity index (χ1v) is 8.32. The molecule has 0 radical (unpaired) electrons. The van der Waals surface area contributed by atoms with Gasteiger partial charge in [0.1, 0.15) is 16.0 Å². The van der Waals surface area contributed by atoms with Crippen LogP contribution in [0.4, 0.5) is 5.13 Å². The second-order valence-electron chi connectivity index (χ2n) is 3.56. The zero-order chi connectivity index (χ0) is 14.2. The molecule has 10 heteroatoms. The third kappa shape index (κ3) is 3.18. The van der Waals surface area contributed by atoms with Crippen LogP contribution in [0.15, 0.2) is 10.5 Å². The highest BCUT2D eigenvalue weighted by molar-refractivity contribution is 9.10. The highest BCUT2D eigenvalue weighted by Crippen LogP contribution is 2.44. The van der Waals surface area contributed by atoms with Gasteiger partial charge in [0.15, 0.2) is 17.2 Å². The predicted octanol–water partition coefficient (Wildman–Crippen LogP) is 2.16. The van der Waals surface area contributed by atoms with E-state index in [4.69, 9.17) is 25.0 Å². The molecule has 4 N–H and O–H groups in total. The lowest BCUT2D eigenvalue weighted by molar-refractivity contribution is 0.302. The highest BCUT2D eigenvalue weighted by atomic mass is 79.9. The van der Waals surface area contributed by atoms with E-state index in [1.165, 1.54) is 24.5 Å². The lowest BCUT2D eigenvalue weighted by Crippen LogP contribution is -1.99. The van der Waals surface area contributed by atoms with Gasteiger partial charge in [-0.3, -0.25) is 4.57 Å². The summed E-state index contributed by atoms with van der Waals surface area (Å²) < 4.78 is 22.4. The normalized spacial score (nSPS) is 11.8. The summed E-state index contributed by atoms with van der Waals surface area (Å²) >= 11 is 4.50. The molecule has 1 aromatic heterocycles. The van der Waals surface area contributed by atoms with E-state index in [0.29, 0.717) is 25.6 Å². The van der Waals surface area contributed by atoms with Crippen LogP contribution in [0.2, 0.25) is 0 Å². The molecule has 2 aromatic rings. The van der Waals surface area contributed by atoms with Crippen LogP contribution in [0.5, 0.6) is 11.5 Å². The number of methoxy groups -OCH3 is 1. The molecule has 0 aliphatic carbocycles. The minimum absolute atomic E-state index is 0.235. The Morgan fingerprint density at radius 1 is 1.58 bits per heavy atom. The molecule has 0 spiro atoms. The zero-order valence-electron chi connectivity index (χ0n) is 9.66. The van der Waals surface area contributed by atoms with Gasteiger partial charge in [0.25, 0.3) is 0 Å². The molecule has 1 aromatic carbocycles. The number of halogens is 1. The fraction of sp³-hybridized carbons (Fsp3) is 0.222. The van der Waals surface area contributed by atoms with Crippen molar-refractivity contribution in [2.75, 3.05) is 19.2 Å². The van der Waals surface area contributed by atoms with Crippen LogP contribution in [-0.2, 0) is 4.57 Å². The molecule has 0 saturated heterocycles. The number of benzene rings is 1. The molecule has 0 fully saturated rings. The van der Waals surface area contributed by atoms with Crippen molar-refractivity contribution in [3.05, 3.63) is 10.5 Å². The maximum Gasteiger partial charge on any atom is 0.362 e. The maximum absolute atomic E-state index is 10.8. The largest absolute Gasteiger partial charge is 0.494 e. The molecule has 19 heavy (non-hydrogen) atoms. The van der Waals surface area contributed by atoms with Crippen molar-refractivity contribution in [3.63, 3.8) is 0 Å². The molecule has 104 valence electrons. The summed E-state index contributed by atoms with van der Waals surface area (Å²) in [5.41, 5.74) is 6.06. The first-order chi connectivity index (χ1) is 8.81. The van der Waals surface area contributed by atoms with Gasteiger partial charge < -0.3 is 25.0 Å². The van der Waals surface area contributed by atoms with Gasteiger partial charge in [-0.05, 0) is 15.9 Å². The second kappa shape index (κ2) is 5.26. The van der Waals surface area contributed by atoms with Crippen molar-refractivity contribution >= 4 is 50.2 Å². The van der Waals surface area contributed by atoms with Crippen LogP contribution in [0.3, 0.4) is 0 Å². The average Bonchev–Trinajstić information content (AvgIpc) is 2.66. The number of hydrogen-bond donors (Lipinski definition) is 3. The number of nitrogens with two attached hydrogens (primary N) is 1. The summed E-state index contributed by atoms with van der Waals surface area (Å²) in [7, 11) is -2.76.